The fraction of sp³-hybridized carbons (Fsp3) is 0.526. The first-order valence-electron chi connectivity index (χ1n) is 9.14. The molecule has 2 unspecified atom stereocenters. The highest BCUT2D eigenvalue weighted by Gasteiger charge is 2.52. The quantitative estimate of drug-likeness (QED) is 0.883. The summed E-state index contributed by atoms with van der Waals surface area (Å²) in [6.45, 7) is 3.62. The summed E-state index contributed by atoms with van der Waals surface area (Å²) in [5, 5.41) is 2.90. The van der Waals surface area contributed by atoms with E-state index in [1.807, 2.05) is 11.8 Å². The second kappa shape index (κ2) is 6.61. The minimum atomic E-state index is -0.446. The Morgan fingerprint density at radius 2 is 2.04 bits per heavy atom. The van der Waals surface area contributed by atoms with Crippen molar-refractivity contribution < 1.29 is 14.4 Å². The lowest BCUT2D eigenvalue weighted by Gasteiger charge is -2.29. The second-order valence-electron chi connectivity index (χ2n) is 7.33. The zero-order valence-electron chi connectivity index (χ0n) is 14.9. The normalized spacial score (nSPS) is 27.7. The molecule has 7 heteroatoms. The van der Waals surface area contributed by atoms with E-state index in [2.05, 4.69) is 5.32 Å². The van der Waals surface area contributed by atoms with E-state index < -0.39 is 6.04 Å². The molecule has 0 aliphatic carbocycles. The Kier molecular flexibility index (Phi) is 4.42. The van der Waals surface area contributed by atoms with Crippen LogP contribution in [0.1, 0.15) is 43.0 Å². The first-order valence-corrected chi connectivity index (χ1v) is 10.1. The first kappa shape index (κ1) is 17.4. The van der Waals surface area contributed by atoms with Gasteiger partial charge in [0.15, 0.2) is 0 Å². The first-order chi connectivity index (χ1) is 12.5. The standard InChI is InChI=1S/C19H23N3O3S/c1-19-8-7-16(23)22(19)15(12-26-19)17(24)20-14-6-4-5-13(11-14)18(25)21-9-2-3-10-21/h4-6,11,15H,2-3,7-10,12H2,1H3,(H,20,24). The van der Waals surface area contributed by atoms with Crippen molar-refractivity contribution in [2.75, 3.05) is 24.2 Å². The van der Waals surface area contributed by atoms with Crippen molar-refractivity contribution in [2.45, 2.75) is 43.5 Å². The van der Waals surface area contributed by atoms with Crippen LogP contribution in [0.15, 0.2) is 24.3 Å². The van der Waals surface area contributed by atoms with Gasteiger partial charge in [0.2, 0.25) is 11.8 Å². The van der Waals surface area contributed by atoms with Crippen LogP contribution in [0.2, 0.25) is 0 Å². The number of nitrogens with one attached hydrogen (secondary N) is 1. The third-order valence-corrected chi connectivity index (χ3v) is 7.02. The highest BCUT2D eigenvalue weighted by atomic mass is 32.2. The van der Waals surface area contributed by atoms with Gasteiger partial charge in [-0.1, -0.05) is 6.07 Å². The average molecular weight is 373 g/mol. The molecule has 1 aromatic rings. The van der Waals surface area contributed by atoms with Crippen LogP contribution in [0.3, 0.4) is 0 Å². The number of anilines is 1. The van der Waals surface area contributed by atoms with E-state index in [0.29, 0.717) is 23.4 Å². The predicted molar refractivity (Wildman–Crippen MR) is 101 cm³/mol. The average Bonchev–Trinajstić information content (AvgIpc) is 3.33. The van der Waals surface area contributed by atoms with Crippen molar-refractivity contribution in [1.29, 1.82) is 0 Å². The van der Waals surface area contributed by atoms with Gasteiger partial charge in [-0.25, -0.2) is 0 Å². The summed E-state index contributed by atoms with van der Waals surface area (Å²) in [6, 6.07) is 6.63. The largest absolute Gasteiger partial charge is 0.339 e. The van der Waals surface area contributed by atoms with Gasteiger partial charge in [0, 0.05) is 36.5 Å². The van der Waals surface area contributed by atoms with Gasteiger partial charge in [-0.05, 0) is 44.4 Å². The van der Waals surface area contributed by atoms with Gasteiger partial charge in [-0.15, -0.1) is 11.8 Å². The molecule has 0 bridgehead atoms. The van der Waals surface area contributed by atoms with Crippen LogP contribution in [-0.4, -0.2) is 57.3 Å². The Bertz CT molecular complexity index is 762. The number of hydrogen-bond acceptors (Lipinski definition) is 4. The molecule has 0 radical (unpaired) electrons. The van der Waals surface area contributed by atoms with Gasteiger partial charge >= 0.3 is 0 Å². The number of fused-ring (bicyclic) bond motifs is 1. The van der Waals surface area contributed by atoms with Gasteiger partial charge in [-0.3, -0.25) is 14.4 Å². The topological polar surface area (TPSA) is 69.7 Å². The molecule has 3 fully saturated rings. The third kappa shape index (κ3) is 2.98. The summed E-state index contributed by atoms with van der Waals surface area (Å²) in [6.07, 6.45) is 3.39. The summed E-state index contributed by atoms with van der Waals surface area (Å²) in [7, 11) is 0. The number of nitrogens with zero attached hydrogens (tertiary/aromatic N) is 2. The summed E-state index contributed by atoms with van der Waals surface area (Å²) >= 11 is 1.67. The van der Waals surface area contributed by atoms with Crippen LogP contribution in [0.5, 0.6) is 0 Å². The lowest BCUT2D eigenvalue weighted by molar-refractivity contribution is -0.135. The molecule has 1 N–H and O–H groups in total. The van der Waals surface area contributed by atoms with Gasteiger partial charge in [-0.2, -0.15) is 0 Å². The van der Waals surface area contributed by atoms with Crippen molar-refractivity contribution >= 4 is 35.2 Å². The molecule has 3 saturated heterocycles. The van der Waals surface area contributed by atoms with Crippen LogP contribution in [0, 0.1) is 0 Å². The minimum Gasteiger partial charge on any atom is -0.339 e. The lowest BCUT2D eigenvalue weighted by Crippen LogP contribution is -2.48. The van der Waals surface area contributed by atoms with E-state index in [-0.39, 0.29) is 22.6 Å². The SMILES string of the molecule is CC12CCC(=O)N1C(C(=O)Nc1cccc(C(=O)N3CCCC3)c1)CS2. The summed E-state index contributed by atoms with van der Waals surface area (Å²) in [4.78, 5) is 40.8. The van der Waals surface area contributed by atoms with E-state index in [1.54, 1.807) is 40.9 Å². The number of carbonyl (C=O) groups is 3. The molecule has 4 rings (SSSR count). The van der Waals surface area contributed by atoms with Crippen molar-refractivity contribution in [3.05, 3.63) is 29.8 Å². The Morgan fingerprint density at radius 1 is 1.27 bits per heavy atom. The van der Waals surface area contributed by atoms with Gasteiger partial charge in [0.05, 0.1) is 4.87 Å². The molecule has 0 saturated carbocycles. The molecule has 0 spiro atoms. The molecule has 2 atom stereocenters. The number of hydrogen-bond donors (Lipinski definition) is 1. The lowest BCUT2D eigenvalue weighted by atomic mass is 10.1. The highest BCUT2D eigenvalue weighted by molar-refractivity contribution is 8.01. The molecule has 26 heavy (non-hydrogen) atoms. The number of rotatable bonds is 3. The number of thioether (sulfide) groups is 1. The zero-order chi connectivity index (χ0) is 18.3. The second-order valence-corrected chi connectivity index (χ2v) is 8.84. The molecule has 3 heterocycles. The molecular weight excluding hydrogens is 350 g/mol. The van der Waals surface area contributed by atoms with E-state index in [0.717, 1.165) is 32.4 Å². The van der Waals surface area contributed by atoms with Crippen molar-refractivity contribution in [2.24, 2.45) is 0 Å². The fourth-order valence-corrected chi connectivity index (χ4v) is 5.50. The summed E-state index contributed by atoms with van der Waals surface area (Å²) in [5.74, 6) is 0.496. The van der Waals surface area contributed by atoms with E-state index in [1.165, 1.54) is 0 Å². The van der Waals surface area contributed by atoms with Gasteiger partial charge in [0.1, 0.15) is 6.04 Å². The maximum Gasteiger partial charge on any atom is 0.253 e. The molecular formula is C19H23N3O3S. The van der Waals surface area contributed by atoms with Crippen molar-refractivity contribution in [3.63, 3.8) is 0 Å². The van der Waals surface area contributed by atoms with Crippen molar-refractivity contribution in [3.8, 4) is 0 Å². The molecule has 1 aromatic carbocycles. The highest BCUT2D eigenvalue weighted by Crippen LogP contribution is 2.47. The maximum absolute atomic E-state index is 12.8. The van der Waals surface area contributed by atoms with E-state index in [4.69, 9.17) is 0 Å². The van der Waals surface area contributed by atoms with Crippen LogP contribution in [0.4, 0.5) is 5.69 Å². The fourth-order valence-electron chi connectivity index (χ4n) is 4.07. The van der Waals surface area contributed by atoms with Crippen LogP contribution < -0.4 is 5.32 Å². The number of likely N-dealkylation sites (tertiary alicyclic amines) is 1. The predicted octanol–water partition coefficient (Wildman–Crippen LogP) is 2.32. The molecule has 3 aliphatic heterocycles. The third-order valence-electron chi connectivity index (χ3n) is 5.52. The smallest absolute Gasteiger partial charge is 0.253 e. The Hall–Kier alpha value is -2.02. The molecule has 138 valence electrons. The molecule has 3 aliphatic rings. The van der Waals surface area contributed by atoms with Crippen LogP contribution in [0.25, 0.3) is 0 Å². The van der Waals surface area contributed by atoms with E-state index >= 15 is 0 Å². The summed E-state index contributed by atoms with van der Waals surface area (Å²) < 4.78 is 0. The Labute approximate surface area is 157 Å². The molecule has 3 amide bonds. The van der Waals surface area contributed by atoms with Crippen LogP contribution in [-0.2, 0) is 9.59 Å². The Balaban J connectivity index is 1.47. The maximum atomic E-state index is 12.8. The Morgan fingerprint density at radius 3 is 2.81 bits per heavy atom. The number of carbonyl (C=O) groups excluding carboxylic acids is 3. The monoisotopic (exact) mass is 373 g/mol. The van der Waals surface area contributed by atoms with Gasteiger partial charge in [0.25, 0.3) is 5.91 Å². The van der Waals surface area contributed by atoms with E-state index in [9.17, 15) is 14.4 Å². The van der Waals surface area contributed by atoms with Gasteiger partial charge < -0.3 is 15.1 Å². The molecule has 6 nitrogen and oxygen atoms in total. The number of amides is 3. The minimum absolute atomic E-state index is 0.0114. The summed E-state index contributed by atoms with van der Waals surface area (Å²) in [5.41, 5.74) is 1.19. The van der Waals surface area contributed by atoms with Crippen molar-refractivity contribution in [1.82, 2.24) is 9.80 Å². The van der Waals surface area contributed by atoms with Crippen LogP contribution >= 0.6 is 11.8 Å². The zero-order valence-corrected chi connectivity index (χ0v) is 15.7. The number of benzene rings is 1. The molecule has 0 aromatic heterocycles.